The van der Waals surface area contributed by atoms with Gasteiger partial charge in [0.15, 0.2) is 0 Å². The Hall–Kier alpha value is -1.37. The molecule has 1 atom stereocenters. The Morgan fingerprint density at radius 1 is 1.18 bits per heavy atom. The first-order chi connectivity index (χ1) is 10.1. The van der Waals surface area contributed by atoms with Crippen LogP contribution in [0.4, 0.5) is 4.79 Å². The molecule has 110 valence electrons. The van der Waals surface area contributed by atoms with Gasteiger partial charge in [-0.25, -0.2) is 4.79 Å². The fourth-order valence-electron chi connectivity index (χ4n) is 1.39. The zero-order valence-electron chi connectivity index (χ0n) is 11.8. The molecular weight excluding hydrogens is 318 g/mol. The van der Waals surface area contributed by atoms with Gasteiger partial charge in [-0.15, -0.1) is 0 Å². The number of amides is 1. The van der Waals surface area contributed by atoms with Gasteiger partial charge in [0.05, 0.1) is 12.5 Å². The summed E-state index contributed by atoms with van der Waals surface area (Å²) in [5, 5.41) is 2.11. The van der Waals surface area contributed by atoms with Crippen LogP contribution in [0.2, 0.25) is 0 Å². The summed E-state index contributed by atoms with van der Waals surface area (Å²) >= 11 is 0. The normalized spacial score (nSPS) is 12.4. The monoisotopic (exact) mass is 330 g/mol. The summed E-state index contributed by atoms with van der Waals surface area (Å²) in [7, 11) is -4.27. The van der Waals surface area contributed by atoms with Gasteiger partial charge >= 0.3 is 35.7 Å². The Labute approximate surface area is 149 Å². The Bertz CT molecular complexity index is 641. The van der Waals surface area contributed by atoms with E-state index in [1.165, 1.54) is 24.5 Å². The molecule has 0 fully saturated rings. The number of hydrogen-bond donors (Lipinski definition) is 1. The van der Waals surface area contributed by atoms with E-state index >= 15 is 0 Å². The quantitative estimate of drug-likeness (QED) is 0.544. The van der Waals surface area contributed by atoms with Gasteiger partial charge in [0.1, 0.15) is 11.5 Å². The van der Waals surface area contributed by atoms with E-state index in [9.17, 15) is 14.3 Å². The van der Waals surface area contributed by atoms with Gasteiger partial charge < -0.3 is 19.5 Å². The number of benzene rings is 1. The van der Waals surface area contributed by atoms with Gasteiger partial charge in [-0.2, -0.15) is 0 Å². The minimum absolute atomic E-state index is 0. The van der Waals surface area contributed by atoms with Crippen LogP contribution in [-0.4, -0.2) is 17.4 Å². The van der Waals surface area contributed by atoms with Crippen LogP contribution >= 0.6 is 7.60 Å². The molecule has 7 nitrogen and oxygen atoms in total. The fourth-order valence-corrected chi connectivity index (χ4v) is 2.20. The first-order valence-corrected chi connectivity index (χ1v) is 7.68. The summed E-state index contributed by atoms with van der Waals surface area (Å²) in [5.41, 5.74) is 0. The summed E-state index contributed by atoms with van der Waals surface area (Å²) in [6.45, 7) is 0. The van der Waals surface area contributed by atoms with Crippen molar-refractivity contribution in [1.82, 2.24) is 10.3 Å². The molecule has 1 aromatic carbocycles. The molecule has 0 radical (unpaired) electrons. The van der Waals surface area contributed by atoms with E-state index < -0.39 is 20.0 Å². The van der Waals surface area contributed by atoms with Crippen LogP contribution < -0.4 is 49.0 Å². The van der Waals surface area contributed by atoms with Crippen LogP contribution in [0.15, 0.2) is 54.9 Å². The number of carbonyl (C=O) groups excluding carboxylic acids is 1. The molecule has 22 heavy (non-hydrogen) atoms. The van der Waals surface area contributed by atoms with Crippen molar-refractivity contribution in [2.24, 2.45) is 0 Å². The van der Waals surface area contributed by atoms with Gasteiger partial charge in [0, 0.05) is 6.20 Å². The topological polar surface area (TPSA) is 101 Å². The molecule has 1 aromatic heterocycles. The van der Waals surface area contributed by atoms with Crippen LogP contribution in [0.25, 0.3) is 0 Å². The predicted octanol–water partition coefficient (Wildman–Crippen LogP) is -1.24. The molecule has 0 saturated carbocycles. The van der Waals surface area contributed by atoms with Crippen molar-refractivity contribution < 1.29 is 53.1 Å². The maximum Gasteiger partial charge on any atom is 1.00 e. The van der Waals surface area contributed by atoms with Crippen molar-refractivity contribution in [3.05, 3.63) is 54.9 Å². The molecule has 2 rings (SSSR count). The number of aromatic nitrogens is 1. The summed E-state index contributed by atoms with van der Waals surface area (Å²) in [4.78, 5) is 26.8. The number of para-hydroxylation sites is 1. The van der Waals surface area contributed by atoms with Crippen LogP contribution in [0.5, 0.6) is 11.5 Å². The zero-order valence-corrected chi connectivity index (χ0v) is 14.7. The molecule has 1 N–H and O–H groups in total. The number of pyridine rings is 1. The van der Waals surface area contributed by atoms with Crippen molar-refractivity contribution in [3.8, 4) is 11.5 Å². The predicted molar refractivity (Wildman–Crippen MR) is 72.9 cm³/mol. The zero-order chi connectivity index (χ0) is 15.1. The fraction of sp³-hybridized carbons (Fsp3) is 0.0769. The number of ether oxygens (including phenoxy) is 1. The van der Waals surface area contributed by atoms with Gasteiger partial charge in [-0.1, -0.05) is 18.2 Å². The Kier molecular flexibility index (Phi) is 7.58. The third-order valence-corrected chi connectivity index (χ3v) is 3.28. The Morgan fingerprint density at radius 2 is 1.86 bits per heavy atom. The summed E-state index contributed by atoms with van der Waals surface area (Å²) in [5.74, 6) is 0.387. The first kappa shape index (κ1) is 18.7. The smallest absolute Gasteiger partial charge is 0.768 e. The molecule has 2 aromatic rings. The summed E-state index contributed by atoms with van der Waals surface area (Å²) in [6.07, 6.45) is 1.17. The van der Waals surface area contributed by atoms with Gasteiger partial charge in [0.2, 0.25) is 7.60 Å². The van der Waals surface area contributed by atoms with Crippen molar-refractivity contribution in [2.75, 3.05) is 6.29 Å². The Balaban J connectivity index is 0.00000242. The minimum Gasteiger partial charge on any atom is -0.768 e. The Morgan fingerprint density at radius 3 is 2.50 bits per heavy atom. The molecule has 0 spiro atoms. The standard InChI is InChI=1S/C13H13N2O5P.Na/c16-13(19-11-5-2-1-3-6-11)15-10-21(17,18)20-12-7-4-8-14-9-12;/h1-9H,10H2,(H,15,16)(H,17,18);/q;+1/p-1. The molecule has 0 saturated heterocycles. The maximum atomic E-state index is 11.7. The van der Waals surface area contributed by atoms with Crippen LogP contribution in [0, 0.1) is 0 Å². The molecule has 1 unspecified atom stereocenters. The number of hydrogen-bond acceptors (Lipinski definition) is 6. The van der Waals surface area contributed by atoms with E-state index in [0.717, 1.165) is 0 Å². The molecule has 0 bridgehead atoms. The molecule has 0 aliphatic carbocycles. The van der Waals surface area contributed by atoms with Crippen molar-refractivity contribution in [3.63, 3.8) is 0 Å². The van der Waals surface area contributed by atoms with Gasteiger partial charge in [-0.05, 0) is 24.3 Å². The average Bonchev–Trinajstić information content (AvgIpc) is 2.47. The molecule has 0 aliphatic rings. The molecule has 1 heterocycles. The van der Waals surface area contributed by atoms with Crippen molar-refractivity contribution in [2.45, 2.75) is 0 Å². The number of rotatable bonds is 5. The molecule has 9 heteroatoms. The van der Waals surface area contributed by atoms with Crippen molar-refractivity contribution in [1.29, 1.82) is 0 Å². The number of nitrogens with one attached hydrogen (secondary N) is 1. The summed E-state index contributed by atoms with van der Waals surface area (Å²) in [6, 6.07) is 11.3. The van der Waals surface area contributed by atoms with E-state index in [4.69, 9.17) is 9.26 Å². The largest absolute Gasteiger partial charge is 1.00 e. The van der Waals surface area contributed by atoms with E-state index in [2.05, 4.69) is 10.3 Å². The number of nitrogens with zero attached hydrogens (tertiary/aromatic N) is 1. The minimum atomic E-state index is -4.27. The van der Waals surface area contributed by atoms with Crippen molar-refractivity contribution >= 4 is 13.7 Å². The van der Waals surface area contributed by atoms with Crippen LogP contribution in [0.1, 0.15) is 0 Å². The maximum absolute atomic E-state index is 11.7. The van der Waals surface area contributed by atoms with E-state index in [1.54, 1.807) is 30.3 Å². The third-order valence-electron chi connectivity index (χ3n) is 2.25. The molecule has 0 aliphatic heterocycles. The molecule has 1 amide bonds. The SMILES string of the molecule is O=C(NCP(=O)([O-])Oc1cccnc1)Oc1ccccc1.[Na+]. The second-order valence-electron chi connectivity index (χ2n) is 3.93. The van der Waals surface area contributed by atoms with Crippen LogP contribution in [0.3, 0.4) is 0 Å². The van der Waals surface area contributed by atoms with Gasteiger partial charge in [0.25, 0.3) is 0 Å². The average molecular weight is 330 g/mol. The second-order valence-corrected chi connectivity index (χ2v) is 5.65. The van der Waals surface area contributed by atoms with Gasteiger partial charge in [-0.3, -0.25) is 9.55 Å². The van der Waals surface area contributed by atoms with E-state index in [1.807, 2.05) is 0 Å². The molecular formula is C13H12N2NaO5P. The van der Waals surface area contributed by atoms with E-state index in [0.29, 0.717) is 5.75 Å². The van der Waals surface area contributed by atoms with Crippen LogP contribution in [-0.2, 0) is 4.57 Å². The summed E-state index contributed by atoms with van der Waals surface area (Å²) < 4.78 is 21.3. The number of carbonyl (C=O) groups is 1. The first-order valence-electron chi connectivity index (χ1n) is 5.96. The van der Waals surface area contributed by atoms with E-state index in [-0.39, 0.29) is 35.3 Å². The second kappa shape index (κ2) is 8.92. The third kappa shape index (κ3) is 6.60.